The molecule has 1 saturated heterocycles. The van der Waals surface area contributed by atoms with E-state index in [4.69, 9.17) is 0 Å². The van der Waals surface area contributed by atoms with Gasteiger partial charge in [0, 0.05) is 61.1 Å². The summed E-state index contributed by atoms with van der Waals surface area (Å²) >= 11 is 0. The zero-order chi connectivity index (χ0) is 15.3. The van der Waals surface area contributed by atoms with Crippen molar-refractivity contribution in [2.75, 3.05) is 31.1 Å². The number of Topliss-reactive ketones (excluding diaryl/α,β-unsaturated/α-hetero) is 1. The normalized spacial score (nSPS) is 25.7. The molecule has 2 heterocycles. The number of carbonyl (C=O) groups excluding carboxylic acids is 1. The van der Waals surface area contributed by atoms with E-state index in [0.29, 0.717) is 11.8 Å². The van der Waals surface area contributed by atoms with E-state index < -0.39 is 0 Å². The summed E-state index contributed by atoms with van der Waals surface area (Å²) in [6.07, 6.45) is 3.69. The second-order valence-corrected chi connectivity index (χ2v) is 7.40. The Balaban J connectivity index is 1.68. The van der Waals surface area contributed by atoms with Crippen molar-refractivity contribution < 1.29 is 4.79 Å². The molecule has 0 bridgehead atoms. The third-order valence-electron chi connectivity index (χ3n) is 5.24. The lowest BCUT2D eigenvalue weighted by Crippen LogP contribution is -2.72. The molecule has 1 aromatic rings. The minimum atomic E-state index is -0.206. The van der Waals surface area contributed by atoms with Crippen LogP contribution in [-0.2, 0) is 4.79 Å². The van der Waals surface area contributed by atoms with Gasteiger partial charge in [0.2, 0.25) is 0 Å². The number of nitrogens with zero attached hydrogens (tertiary/aromatic N) is 3. The second-order valence-electron chi connectivity index (χ2n) is 7.40. The maximum Gasteiger partial charge on any atom is 0.147 e. The van der Waals surface area contributed by atoms with E-state index in [0.717, 1.165) is 26.2 Å². The molecule has 2 fully saturated rings. The van der Waals surface area contributed by atoms with Gasteiger partial charge in [-0.05, 0) is 12.1 Å². The van der Waals surface area contributed by atoms with Crippen LogP contribution in [0.5, 0.6) is 0 Å². The zero-order valence-corrected chi connectivity index (χ0v) is 13.5. The third-order valence-corrected chi connectivity index (χ3v) is 5.24. The molecule has 1 aliphatic heterocycles. The summed E-state index contributed by atoms with van der Waals surface area (Å²) in [4.78, 5) is 21.3. The minimum absolute atomic E-state index is 0.206. The molecule has 4 heteroatoms. The van der Waals surface area contributed by atoms with Gasteiger partial charge in [-0.1, -0.05) is 27.7 Å². The van der Waals surface area contributed by atoms with E-state index in [1.165, 1.54) is 5.69 Å². The number of hydrogen-bond acceptors (Lipinski definition) is 4. The number of hydrogen-bond donors (Lipinski definition) is 0. The summed E-state index contributed by atoms with van der Waals surface area (Å²) in [6.45, 7) is 12.5. The number of piperazine rings is 1. The van der Waals surface area contributed by atoms with Gasteiger partial charge in [-0.3, -0.25) is 14.7 Å². The van der Waals surface area contributed by atoms with Gasteiger partial charge in [0.1, 0.15) is 5.78 Å². The van der Waals surface area contributed by atoms with Crippen LogP contribution in [0, 0.1) is 10.8 Å². The maximum absolute atomic E-state index is 12.3. The van der Waals surface area contributed by atoms with Gasteiger partial charge in [0.15, 0.2) is 0 Å². The first kappa shape index (κ1) is 14.5. The van der Waals surface area contributed by atoms with Crippen LogP contribution in [0.4, 0.5) is 5.69 Å². The standard InChI is InChI=1S/C17H25N3O/c1-16(2)14(17(3,4)15(16)21)20-11-9-19(10-12-20)13-5-7-18-8-6-13/h5-8,14H,9-12H2,1-4H3. The first-order valence-electron chi connectivity index (χ1n) is 7.79. The summed E-state index contributed by atoms with van der Waals surface area (Å²) in [6, 6.07) is 4.49. The summed E-state index contributed by atoms with van der Waals surface area (Å²) in [5.41, 5.74) is 0.831. The minimum Gasteiger partial charge on any atom is -0.369 e. The fourth-order valence-electron chi connectivity index (χ4n) is 4.61. The highest BCUT2D eigenvalue weighted by molar-refractivity contribution is 5.97. The van der Waals surface area contributed by atoms with Crippen LogP contribution >= 0.6 is 0 Å². The van der Waals surface area contributed by atoms with Gasteiger partial charge < -0.3 is 4.90 Å². The van der Waals surface area contributed by atoms with Gasteiger partial charge in [0.25, 0.3) is 0 Å². The van der Waals surface area contributed by atoms with E-state index in [1.807, 2.05) is 12.4 Å². The molecule has 3 rings (SSSR count). The van der Waals surface area contributed by atoms with Crippen molar-refractivity contribution in [3.63, 3.8) is 0 Å². The fraction of sp³-hybridized carbons (Fsp3) is 0.647. The van der Waals surface area contributed by atoms with Crippen LogP contribution < -0.4 is 4.90 Å². The fourth-order valence-corrected chi connectivity index (χ4v) is 4.61. The molecule has 0 aromatic carbocycles. The van der Waals surface area contributed by atoms with Gasteiger partial charge in [-0.25, -0.2) is 0 Å². The number of carbonyl (C=O) groups is 1. The van der Waals surface area contributed by atoms with Crippen molar-refractivity contribution in [1.29, 1.82) is 0 Å². The lowest BCUT2D eigenvalue weighted by Gasteiger charge is -2.60. The van der Waals surface area contributed by atoms with Crippen molar-refractivity contribution in [2.24, 2.45) is 10.8 Å². The molecule has 1 aliphatic carbocycles. The largest absolute Gasteiger partial charge is 0.369 e. The summed E-state index contributed by atoms with van der Waals surface area (Å²) in [7, 11) is 0. The molecular weight excluding hydrogens is 262 g/mol. The van der Waals surface area contributed by atoms with Crippen molar-refractivity contribution in [3.05, 3.63) is 24.5 Å². The van der Waals surface area contributed by atoms with Crippen molar-refractivity contribution >= 4 is 11.5 Å². The molecular formula is C17H25N3O. The Hall–Kier alpha value is -1.42. The predicted octanol–water partition coefficient (Wildman–Crippen LogP) is 2.21. The predicted molar refractivity (Wildman–Crippen MR) is 84.4 cm³/mol. The highest BCUT2D eigenvalue weighted by Crippen LogP contribution is 2.53. The van der Waals surface area contributed by atoms with Crippen LogP contribution in [-0.4, -0.2) is 47.9 Å². The molecule has 0 atom stereocenters. The Labute approximate surface area is 127 Å². The Kier molecular flexibility index (Phi) is 3.32. The molecule has 21 heavy (non-hydrogen) atoms. The quantitative estimate of drug-likeness (QED) is 0.835. The number of ketones is 1. The smallest absolute Gasteiger partial charge is 0.147 e. The summed E-state index contributed by atoms with van der Waals surface area (Å²) in [5.74, 6) is 0.400. The van der Waals surface area contributed by atoms with Gasteiger partial charge in [-0.2, -0.15) is 0 Å². The third kappa shape index (κ3) is 2.16. The van der Waals surface area contributed by atoms with E-state index >= 15 is 0 Å². The SMILES string of the molecule is CC1(C)C(=O)C(C)(C)C1N1CCN(c2ccncc2)CC1. The van der Waals surface area contributed by atoms with Gasteiger partial charge >= 0.3 is 0 Å². The highest BCUT2D eigenvalue weighted by Gasteiger charge is 2.63. The lowest BCUT2D eigenvalue weighted by atomic mass is 9.50. The maximum atomic E-state index is 12.3. The number of pyridine rings is 1. The Bertz CT molecular complexity index is 512. The van der Waals surface area contributed by atoms with Crippen LogP contribution in [0.15, 0.2) is 24.5 Å². The molecule has 0 N–H and O–H groups in total. The summed E-state index contributed by atoms with van der Waals surface area (Å²) in [5, 5.41) is 0. The van der Waals surface area contributed by atoms with Crippen LogP contribution in [0.3, 0.4) is 0 Å². The van der Waals surface area contributed by atoms with Crippen LogP contribution in [0.1, 0.15) is 27.7 Å². The monoisotopic (exact) mass is 287 g/mol. The van der Waals surface area contributed by atoms with E-state index in [-0.39, 0.29) is 10.8 Å². The van der Waals surface area contributed by atoms with E-state index in [9.17, 15) is 4.79 Å². The lowest BCUT2D eigenvalue weighted by molar-refractivity contribution is -0.170. The Morgan fingerprint density at radius 3 is 2.05 bits per heavy atom. The van der Waals surface area contributed by atoms with Gasteiger partial charge in [0.05, 0.1) is 0 Å². The highest BCUT2D eigenvalue weighted by atomic mass is 16.1. The van der Waals surface area contributed by atoms with E-state index in [2.05, 4.69) is 54.6 Å². The number of rotatable bonds is 2. The molecule has 0 spiro atoms. The van der Waals surface area contributed by atoms with Crippen LogP contribution in [0.25, 0.3) is 0 Å². The zero-order valence-electron chi connectivity index (χ0n) is 13.5. The topological polar surface area (TPSA) is 36.4 Å². The Morgan fingerprint density at radius 2 is 1.52 bits per heavy atom. The molecule has 0 amide bonds. The molecule has 4 nitrogen and oxygen atoms in total. The van der Waals surface area contributed by atoms with Gasteiger partial charge in [-0.15, -0.1) is 0 Å². The molecule has 114 valence electrons. The molecule has 1 saturated carbocycles. The molecule has 1 aromatic heterocycles. The Morgan fingerprint density at radius 1 is 1.00 bits per heavy atom. The van der Waals surface area contributed by atoms with Crippen molar-refractivity contribution in [3.8, 4) is 0 Å². The molecule has 0 radical (unpaired) electrons. The number of anilines is 1. The van der Waals surface area contributed by atoms with Crippen LogP contribution in [0.2, 0.25) is 0 Å². The van der Waals surface area contributed by atoms with Crippen molar-refractivity contribution in [2.45, 2.75) is 33.7 Å². The first-order chi connectivity index (χ1) is 9.85. The van der Waals surface area contributed by atoms with Crippen molar-refractivity contribution in [1.82, 2.24) is 9.88 Å². The molecule has 2 aliphatic rings. The second kappa shape index (κ2) is 4.80. The first-order valence-corrected chi connectivity index (χ1v) is 7.79. The average molecular weight is 287 g/mol. The molecule has 0 unspecified atom stereocenters. The number of aromatic nitrogens is 1. The summed E-state index contributed by atoms with van der Waals surface area (Å²) < 4.78 is 0. The van der Waals surface area contributed by atoms with E-state index in [1.54, 1.807) is 0 Å². The average Bonchev–Trinajstić information content (AvgIpc) is 2.48.